The first-order chi connectivity index (χ1) is 11.6. The van der Waals surface area contributed by atoms with Crippen molar-refractivity contribution in [3.63, 3.8) is 0 Å². The summed E-state index contributed by atoms with van der Waals surface area (Å²) >= 11 is 0. The first-order valence-corrected chi connectivity index (χ1v) is 8.65. The van der Waals surface area contributed by atoms with Crippen LogP contribution in [0.4, 0.5) is 17.1 Å². The number of piperidine rings is 1. The first kappa shape index (κ1) is 16.9. The van der Waals surface area contributed by atoms with Crippen LogP contribution in [0.3, 0.4) is 0 Å². The maximum Gasteiger partial charge on any atom is 0.212 e. The van der Waals surface area contributed by atoms with Gasteiger partial charge in [0.1, 0.15) is 5.75 Å². The number of anilines is 2. The maximum absolute atomic E-state index is 7.44. The predicted molar refractivity (Wildman–Crippen MR) is 98.0 cm³/mol. The van der Waals surface area contributed by atoms with Crippen LogP contribution >= 0.6 is 0 Å². The number of rotatable bonds is 3. The number of nitrogen functional groups attached to an aromatic ring is 1. The minimum absolute atomic E-state index is 0.527. The normalized spacial score (nSPS) is 20.8. The number of nitrogens with zero attached hydrogens (tertiary/aromatic N) is 4. The van der Waals surface area contributed by atoms with Crippen molar-refractivity contribution in [2.45, 2.75) is 18.9 Å². The first-order valence-electron chi connectivity index (χ1n) is 8.65. The molecule has 2 fully saturated rings. The van der Waals surface area contributed by atoms with Gasteiger partial charge in [0.2, 0.25) is 5.69 Å². The van der Waals surface area contributed by atoms with Crippen molar-refractivity contribution in [3.05, 3.63) is 23.5 Å². The Balaban J connectivity index is 1.67. The number of ether oxygens (including phenoxy) is 1. The summed E-state index contributed by atoms with van der Waals surface area (Å²) in [5.74, 6) is 0.651. The molecule has 0 spiro atoms. The zero-order chi connectivity index (χ0) is 17.1. The van der Waals surface area contributed by atoms with Crippen molar-refractivity contribution < 1.29 is 4.74 Å². The summed E-state index contributed by atoms with van der Waals surface area (Å²) in [7, 11) is 3.81. The monoisotopic (exact) mass is 329 g/mol. The number of hydrogen-bond acceptors (Lipinski definition) is 5. The molecular formula is C18H27N5O. The Labute approximate surface area is 144 Å². The lowest BCUT2D eigenvalue weighted by molar-refractivity contribution is 0.0982. The largest absolute Gasteiger partial charge is 0.495 e. The molecule has 2 saturated heterocycles. The minimum atomic E-state index is 0.527. The number of hydrogen-bond donors (Lipinski definition) is 1. The number of nitrogens with two attached hydrogens (primary N) is 1. The van der Waals surface area contributed by atoms with Crippen LogP contribution in [0.2, 0.25) is 0 Å². The van der Waals surface area contributed by atoms with Gasteiger partial charge in [-0.25, -0.2) is 4.85 Å². The quantitative estimate of drug-likeness (QED) is 0.679. The van der Waals surface area contributed by atoms with Gasteiger partial charge in [0, 0.05) is 51.0 Å². The Morgan fingerprint density at radius 3 is 2.38 bits per heavy atom. The number of likely N-dealkylation sites (N-methyl/N-ethyl adjacent to an activating group) is 1. The highest BCUT2D eigenvalue weighted by molar-refractivity contribution is 5.79. The fraction of sp³-hybridized carbons (Fsp3) is 0.611. The second-order valence-corrected chi connectivity index (χ2v) is 6.75. The molecule has 6 nitrogen and oxygen atoms in total. The lowest BCUT2D eigenvalue weighted by Crippen LogP contribution is -2.52. The Hall–Kier alpha value is -1.97. The van der Waals surface area contributed by atoms with Gasteiger partial charge in [-0.3, -0.25) is 4.90 Å². The summed E-state index contributed by atoms with van der Waals surface area (Å²) in [6, 6.07) is 4.31. The van der Waals surface area contributed by atoms with Crippen molar-refractivity contribution in [1.82, 2.24) is 9.80 Å². The molecule has 1 aromatic carbocycles. The van der Waals surface area contributed by atoms with Gasteiger partial charge >= 0.3 is 0 Å². The molecule has 0 unspecified atom stereocenters. The smallest absolute Gasteiger partial charge is 0.212 e. The van der Waals surface area contributed by atoms with E-state index >= 15 is 0 Å². The topological polar surface area (TPSA) is 49.3 Å². The third-order valence-corrected chi connectivity index (χ3v) is 5.31. The molecule has 6 heteroatoms. The summed E-state index contributed by atoms with van der Waals surface area (Å²) < 4.78 is 5.33. The van der Waals surface area contributed by atoms with Gasteiger partial charge in [0.15, 0.2) is 0 Å². The molecule has 0 radical (unpaired) electrons. The van der Waals surface area contributed by atoms with Crippen molar-refractivity contribution >= 4 is 17.1 Å². The van der Waals surface area contributed by atoms with Gasteiger partial charge in [-0.1, -0.05) is 0 Å². The van der Waals surface area contributed by atoms with Crippen LogP contribution < -0.4 is 15.4 Å². The molecule has 0 bridgehead atoms. The van der Waals surface area contributed by atoms with Gasteiger partial charge in [-0.2, -0.15) is 0 Å². The van der Waals surface area contributed by atoms with Crippen LogP contribution in [-0.4, -0.2) is 69.3 Å². The fourth-order valence-electron chi connectivity index (χ4n) is 3.75. The summed E-state index contributed by atoms with van der Waals surface area (Å²) in [5.41, 5.74) is 8.04. The van der Waals surface area contributed by atoms with E-state index < -0.39 is 0 Å². The molecule has 2 N–H and O–H groups in total. The predicted octanol–water partition coefficient (Wildman–Crippen LogP) is 2.04. The van der Waals surface area contributed by atoms with E-state index in [4.69, 9.17) is 17.0 Å². The van der Waals surface area contributed by atoms with Gasteiger partial charge in [-0.15, -0.1) is 0 Å². The van der Waals surface area contributed by atoms with E-state index in [1.54, 1.807) is 13.2 Å². The Kier molecular flexibility index (Phi) is 5.12. The van der Waals surface area contributed by atoms with E-state index in [1.807, 2.05) is 6.07 Å². The molecular weight excluding hydrogens is 302 g/mol. The number of piperazine rings is 1. The molecule has 1 aromatic rings. The molecule has 2 heterocycles. The van der Waals surface area contributed by atoms with E-state index in [9.17, 15) is 0 Å². The van der Waals surface area contributed by atoms with Crippen LogP contribution in [-0.2, 0) is 0 Å². The van der Waals surface area contributed by atoms with E-state index in [-0.39, 0.29) is 0 Å². The van der Waals surface area contributed by atoms with Crippen LogP contribution in [0.15, 0.2) is 12.1 Å². The highest BCUT2D eigenvalue weighted by Crippen LogP contribution is 2.38. The van der Waals surface area contributed by atoms with E-state index in [2.05, 4.69) is 26.6 Å². The molecule has 0 aromatic heterocycles. The van der Waals surface area contributed by atoms with Gasteiger partial charge < -0.3 is 20.3 Å². The lowest BCUT2D eigenvalue weighted by atomic mass is 10.0. The summed E-state index contributed by atoms with van der Waals surface area (Å²) in [5, 5.41) is 0. The van der Waals surface area contributed by atoms with Crippen molar-refractivity contribution in [2.24, 2.45) is 0 Å². The Morgan fingerprint density at radius 2 is 1.79 bits per heavy atom. The third kappa shape index (κ3) is 3.42. The Morgan fingerprint density at radius 1 is 1.12 bits per heavy atom. The maximum atomic E-state index is 7.44. The third-order valence-electron chi connectivity index (χ3n) is 5.31. The number of methoxy groups -OCH3 is 1. The molecule has 0 amide bonds. The van der Waals surface area contributed by atoms with E-state index in [0.29, 0.717) is 23.2 Å². The second kappa shape index (κ2) is 7.29. The van der Waals surface area contributed by atoms with Crippen molar-refractivity contribution in [1.29, 1.82) is 0 Å². The SMILES string of the molecule is [C-]#[N+]c1cc(N)c(OC)cc1N1CCC(N2CCN(C)CC2)CC1. The van der Waals surface area contributed by atoms with Crippen LogP contribution in [0, 0.1) is 6.57 Å². The summed E-state index contributed by atoms with van der Waals surface area (Å²) in [6.07, 6.45) is 2.29. The van der Waals surface area contributed by atoms with E-state index in [0.717, 1.165) is 44.7 Å². The van der Waals surface area contributed by atoms with Crippen LogP contribution in [0.25, 0.3) is 4.85 Å². The number of benzene rings is 1. The molecule has 24 heavy (non-hydrogen) atoms. The molecule has 3 rings (SSSR count). The second-order valence-electron chi connectivity index (χ2n) is 6.75. The van der Waals surface area contributed by atoms with Gasteiger partial charge in [0.25, 0.3) is 0 Å². The molecule has 2 aliphatic heterocycles. The fourth-order valence-corrected chi connectivity index (χ4v) is 3.75. The lowest BCUT2D eigenvalue weighted by Gasteiger charge is -2.42. The minimum Gasteiger partial charge on any atom is -0.495 e. The standard InChI is InChI=1S/C18H27N5O/c1-20-16-12-15(19)18(24-3)13-17(16)23-6-4-14(5-7-23)22-10-8-21(2)9-11-22/h12-14H,4-11,19H2,2-3H3. The molecule has 0 aliphatic carbocycles. The van der Waals surface area contributed by atoms with Crippen molar-refractivity contribution in [2.75, 3.05) is 64.1 Å². The van der Waals surface area contributed by atoms with Gasteiger partial charge in [-0.05, 0) is 32.0 Å². The van der Waals surface area contributed by atoms with Gasteiger partial charge in [0.05, 0.1) is 19.4 Å². The molecule has 0 saturated carbocycles. The zero-order valence-corrected chi connectivity index (χ0v) is 14.7. The molecule has 0 atom stereocenters. The molecule has 130 valence electrons. The summed E-state index contributed by atoms with van der Waals surface area (Å²) in [4.78, 5) is 11.0. The summed E-state index contributed by atoms with van der Waals surface area (Å²) in [6.45, 7) is 14.1. The zero-order valence-electron chi connectivity index (χ0n) is 14.7. The Bertz CT molecular complexity index is 611. The van der Waals surface area contributed by atoms with Crippen LogP contribution in [0.1, 0.15) is 12.8 Å². The average Bonchev–Trinajstić information content (AvgIpc) is 2.62. The van der Waals surface area contributed by atoms with Crippen LogP contribution in [0.5, 0.6) is 5.75 Å². The van der Waals surface area contributed by atoms with Crippen molar-refractivity contribution in [3.8, 4) is 5.75 Å². The molecule has 2 aliphatic rings. The average molecular weight is 329 g/mol. The van der Waals surface area contributed by atoms with E-state index in [1.165, 1.54) is 13.1 Å². The highest BCUT2D eigenvalue weighted by Gasteiger charge is 2.27. The highest BCUT2D eigenvalue weighted by atomic mass is 16.5.